The Bertz CT molecular complexity index is 545. The summed E-state index contributed by atoms with van der Waals surface area (Å²) in [7, 11) is 2.04. The van der Waals surface area contributed by atoms with Gasteiger partial charge in [0.2, 0.25) is 0 Å². The molecule has 1 aliphatic carbocycles. The highest BCUT2D eigenvalue weighted by molar-refractivity contribution is 5.78. The Hall–Kier alpha value is -1.71. The molecule has 1 heterocycles. The van der Waals surface area contributed by atoms with Crippen LogP contribution in [0, 0.1) is 5.92 Å². The predicted octanol–water partition coefficient (Wildman–Crippen LogP) is 2.64. The van der Waals surface area contributed by atoms with Gasteiger partial charge in [0, 0.05) is 24.8 Å². The highest BCUT2D eigenvalue weighted by atomic mass is 16.4. The van der Waals surface area contributed by atoms with Crippen molar-refractivity contribution >= 4 is 22.8 Å². The number of rotatable bonds is 3. The van der Waals surface area contributed by atoms with Crippen molar-refractivity contribution in [3.8, 4) is 0 Å². The molecular formula is C13H17N3O. The van der Waals surface area contributed by atoms with Gasteiger partial charge in [0.25, 0.3) is 6.01 Å². The highest BCUT2D eigenvalue weighted by Gasteiger charge is 2.32. The normalized spacial score (nSPS) is 17.3. The number of hydrogen-bond acceptors (Lipinski definition) is 4. The average Bonchev–Trinajstić information content (AvgIpc) is 3.07. The predicted molar refractivity (Wildman–Crippen MR) is 69.0 cm³/mol. The van der Waals surface area contributed by atoms with Gasteiger partial charge in [-0.1, -0.05) is 0 Å². The minimum Gasteiger partial charge on any atom is -0.423 e. The molecule has 4 nitrogen and oxygen atoms in total. The van der Waals surface area contributed by atoms with Crippen molar-refractivity contribution in [3.63, 3.8) is 0 Å². The lowest BCUT2D eigenvalue weighted by Crippen LogP contribution is -2.30. The van der Waals surface area contributed by atoms with Gasteiger partial charge < -0.3 is 15.1 Å². The van der Waals surface area contributed by atoms with E-state index in [4.69, 9.17) is 10.2 Å². The Morgan fingerprint density at radius 2 is 2.24 bits per heavy atom. The number of aromatic nitrogens is 1. The summed E-state index contributed by atoms with van der Waals surface area (Å²) in [4.78, 5) is 6.61. The van der Waals surface area contributed by atoms with Crippen LogP contribution in [0.25, 0.3) is 11.1 Å². The van der Waals surface area contributed by atoms with E-state index >= 15 is 0 Å². The molecule has 1 atom stereocenters. The Labute approximate surface area is 100 Å². The van der Waals surface area contributed by atoms with Gasteiger partial charge in [-0.15, -0.1) is 0 Å². The molecule has 0 amide bonds. The zero-order chi connectivity index (χ0) is 12.0. The third kappa shape index (κ3) is 1.84. The van der Waals surface area contributed by atoms with Gasteiger partial charge in [0.05, 0.1) is 0 Å². The first-order valence-electron chi connectivity index (χ1n) is 6.04. The number of nitrogens with zero attached hydrogens (tertiary/aromatic N) is 2. The van der Waals surface area contributed by atoms with Gasteiger partial charge in [-0.2, -0.15) is 4.98 Å². The van der Waals surface area contributed by atoms with Crippen LogP contribution in [-0.4, -0.2) is 18.1 Å². The molecule has 1 aromatic carbocycles. The standard InChI is InChI=1S/C13H17N3O/c1-8(9-3-4-9)16(2)13-15-11-6-5-10(14)7-12(11)17-13/h5-9H,3-4,14H2,1-2H3. The summed E-state index contributed by atoms with van der Waals surface area (Å²) < 4.78 is 5.74. The Balaban J connectivity index is 1.94. The topological polar surface area (TPSA) is 55.3 Å². The minimum atomic E-state index is 0.486. The zero-order valence-electron chi connectivity index (χ0n) is 10.2. The van der Waals surface area contributed by atoms with Gasteiger partial charge in [-0.05, 0) is 37.8 Å². The molecule has 4 heteroatoms. The molecule has 1 aromatic heterocycles. The van der Waals surface area contributed by atoms with Crippen molar-refractivity contribution in [1.29, 1.82) is 0 Å². The summed E-state index contributed by atoms with van der Waals surface area (Å²) in [5, 5.41) is 0. The first-order chi connectivity index (χ1) is 8.15. The quantitative estimate of drug-likeness (QED) is 0.825. The summed E-state index contributed by atoms with van der Waals surface area (Å²) in [6.07, 6.45) is 2.64. The van der Waals surface area contributed by atoms with Gasteiger partial charge in [0.1, 0.15) is 5.52 Å². The lowest BCUT2D eigenvalue weighted by molar-refractivity contribution is 0.522. The fourth-order valence-electron chi connectivity index (χ4n) is 2.15. The van der Waals surface area contributed by atoms with Crippen LogP contribution in [0.5, 0.6) is 0 Å². The van der Waals surface area contributed by atoms with E-state index < -0.39 is 0 Å². The molecule has 1 unspecified atom stereocenters. The van der Waals surface area contributed by atoms with E-state index in [0.717, 1.165) is 17.0 Å². The smallest absolute Gasteiger partial charge is 0.298 e. The third-order valence-electron chi connectivity index (χ3n) is 3.62. The Morgan fingerprint density at radius 1 is 1.47 bits per heavy atom. The van der Waals surface area contributed by atoms with Crippen molar-refractivity contribution in [1.82, 2.24) is 4.98 Å². The molecular weight excluding hydrogens is 214 g/mol. The number of fused-ring (bicyclic) bond motifs is 1. The van der Waals surface area contributed by atoms with E-state index in [1.807, 2.05) is 25.2 Å². The number of hydrogen-bond donors (Lipinski definition) is 1. The van der Waals surface area contributed by atoms with Crippen LogP contribution in [0.2, 0.25) is 0 Å². The number of oxazole rings is 1. The summed E-state index contributed by atoms with van der Waals surface area (Å²) in [5.41, 5.74) is 8.06. The highest BCUT2D eigenvalue weighted by Crippen LogP contribution is 2.36. The Kier molecular flexibility index (Phi) is 2.24. The Morgan fingerprint density at radius 3 is 2.94 bits per heavy atom. The minimum absolute atomic E-state index is 0.486. The van der Waals surface area contributed by atoms with Crippen LogP contribution in [0.15, 0.2) is 22.6 Å². The van der Waals surface area contributed by atoms with Gasteiger partial charge in [-0.25, -0.2) is 0 Å². The fraction of sp³-hybridized carbons (Fsp3) is 0.462. The molecule has 3 rings (SSSR count). The van der Waals surface area contributed by atoms with E-state index in [-0.39, 0.29) is 0 Å². The molecule has 0 radical (unpaired) electrons. The van der Waals surface area contributed by atoms with Crippen molar-refractivity contribution in [2.24, 2.45) is 5.92 Å². The maximum absolute atomic E-state index is 5.74. The first-order valence-corrected chi connectivity index (χ1v) is 6.04. The van der Waals surface area contributed by atoms with Crippen LogP contribution < -0.4 is 10.6 Å². The number of nitrogen functional groups attached to an aromatic ring is 1. The summed E-state index contributed by atoms with van der Waals surface area (Å²) in [5.74, 6) is 0.792. The van der Waals surface area contributed by atoms with Gasteiger partial charge in [-0.3, -0.25) is 0 Å². The van der Waals surface area contributed by atoms with Crippen molar-refractivity contribution in [2.45, 2.75) is 25.8 Å². The fourth-order valence-corrected chi connectivity index (χ4v) is 2.15. The molecule has 17 heavy (non-hydrogen) atoms. The second kappa shape index (κ2) is 3.65. The van der Waals surface area contributed by atoms with Crippen LogP contribution in [0.1, 0.15) is 19.8 Å². The average molecular weight is 231 g/mol. The maximum atomic E-state index is 5.74. The van der Waals surface area contributed by atoms with E-state index in [1.54, 1.807) is 0 Å². The molecule has 0 saturated heterocycles. The zero-order valence-corrected chi connectivity index (χ0v) is 10.2. The monoisotopic (exact) mass is 231 g/mol. The number of benzene rings is 1. The van der Waals surface area contributed by atoms with Crippen molar-refractivity contribution in [3.05, 3.63) is 18.2 Å². The van der Waals surface area contributed by atoms with Crippen LogP contribution in [0.4, 0.5) is 11.7 Å². The second-order valence-electron chi connectivity index (χ2n) is 4.91. The van der Waals surface area contributed by atoms with Crippen molar-refractivity contribution in [2.75, 3.05) is 17.7 Å². The maximum Gasteiger partial charge on any atom is 0.298 e. The van der Waals surface area contributed by atoms with E-state index in [2.05, 4.69) is 16.8 Å². The van der Waals surface area contributed by atoms with Crippen LogP contribution >= 0.6 is 0 Å². The lowest BCUT2D eigenvalue weighted by Gasteiger charge is -2.22. The lowest BCUT2D eigenvalue weighted by atomic mass is 10.2. The first kappa shape index (κ1) is 10.4. The molecule has 0 aliphatic heterocycles. The molecule has 1 saturated carbocycles. The summed E-state index contributed by atoms with van der Waals surface area (Å²) in [6, 6.07) is 6.73. The molecule has 0 spiro atoms. The molecule has 90 valence electrons. The van der Waals surface area contributed by atoms with Crippen LogP contribution in [0.3, 0.4) is 0 Å². The molecule has 2 N–H and O–H groups in total. The van der Waals surface area contributed by atoms with E-state index in [0.29, 0.717) is 17.7 Å². The molecule has 2 aromatic rings. The number of anilines is 2. The van der Waals surface area contributed by atoms with Gasteiger partial charge in [0.15, 0.2) is 5.58 Å². The molecule has 1 aliphatic rings. The van der Waals surface area contributed by atoms with Crippen LogP contribution in [-0.2, 0) is 0 Å². The second-order valence-corrected chi connectivity index (χ2v) is 4.91. The SMILES string of the molecule is CC(C1CC1)N(C)c1nc2ccc(N)cc2o1. The summed E-state index contributed by atoms with van der Waals surface area (Å²) >= 11 is 0. The molecule has 0 bridgehead atoms. The van der Waals surface area contributed by atoms with E-state index in [1.165, 1.54) is 12.8 Å². The number of nitrogens with two attached hydrogens (primary N) is 1. The van der Waals surface area contributed by atoms with E-state index in [9.17, 15) is 0 Å². The van der Waals surface area contributed by atoms with Crippen molar-refractivity contribution < 1.29 is 4.42 Å². The third-order valence-corrected chi connectivity index (χ3v) is 3.62. The summed E-state index contributed by atoms with van der Waals surface area (Å²) in [6.45, 7) is 2.22. The van der Waals surface area contributed by atoms with Gasteiger partial charge >= 0.3 is 0 Å². The molecule has 1 fully saturated rings. The largest absolute Gasteiger partial charge is 0.423 e.